The van der Waals surface area contributed by atoms with E-state index in [9.17, 15) is 4.39 Å². The Bertz CT molecular complexity index is 321. The Kier molecular flexibility index (Phi) is 3.67. The van der Waals surface area contributed by atoms with Crippen LogP contribution in [0.5, 0.6) is 0 Å². The highest BCUT2D eigenvalue weighted by molar-refractivity contribution is 9.10. The summed E-state index contributed by atoms with van der Waals surface area (Å²) < 4.78 is 14.7. The molecule has 14 heavy (non-hydrogen) atoms. The summed E-state index contributed by atoms with van der Waals surface area (Å²) in [7, 11) is 0. The molecule has 0 radical (unpaired) electrons. The van der Waals surface area contributed by atoms with E-state index in [0.717, 1.165) is 15.6 Å². The third-order valence-corrected chi connectivity index (χ3v) is 3.12. The van der Waals surface area contributed by atoms with Crippen molar-refractivity contribution in [3.63, 3.8) is 0 Å². The molecule has 1 rings (SSSR count). The van der Waals surface area contributed by atoms with Crippen LogP contribution in [0, 0.1) is 19.7 Å². The molecule has 0 saturated carbocycles. The molecule has 1 aromatic rings. The van der Waals surface area contributed by atoms with Gasteiger partial charge in [0.1, 0.15) is 5.82 Å². The molecule has 0 amide bonds. The first kappa shape index (κ1) is 11.7. The van der Waals surface area contributed by atoms with E-state index < -0.39 is 0 Å². The first-order valence-electron chi connectivity index (χ1n) is 4.63. The van der Waals surface area contributed by atoms with Crippen LogP contribution in [-0.2, 0) is 6.42 Å². The summed E-state index contributed by atoms with van der Waals surface area (Å²) in [6.07, 6.45) is 0.581. The van der Waals surface area contributed by atoms with Gasteiger partial charge in [-0.25, -0.2) is 4.39 Å². The van der Waals surface area contributed by atoms with Gasteiger partial charge in [0.05, 0.1) is 0 Å². The zero-order chi connectivity index (χ0) is 10.9. The van der Waals surface area contributed by atoms with Crippen molar-refractivity contribution in [3.8, 4) is 0 Å². The molecular formula is C11H15BrFN. The van der Waals surface area contributed by atoms with Crippen molar-refractivity contribution in [2.75, 3.05) is 0 Å². The lowest BCUT2D eigenvalue weighted by Gasteiger charge is -2.13. The van der Waals surface area contributed by atoms with Gasteiger partial charge in [-0.15, -0.1) is 0 Å². The van der Waals surface area contributed by atoms with Gasteiger partial charge in [-0.2, -0.15) is 0 Å². The molecule has 0 heterocycles. The van der Waals surface area contributed by atoms with E-state index in [0.29, 0.717) is 12.0 Å². The van der Waals surface area contributed by atoms with Crippen LogP contribution < -0.4 is 5.73 Å². The number of nitrogens with two attached hydrogens (primary N) is 1. The second kappa shape index (κ2) is 4.41. The van der Waals surface area contributed by atoms with Gasteiger partial charge >= 0.3 is 0 Å². The summed E-state index contributed by atoms with van der Waals surface area (Å²) >= 11 is 3.41. The van der Waals surface area contributed by atoms with E-state index in [1.807, 2.05) is 13.8 Å². The maximum absolute atomic E-state index is 13.7. The van der Waals surface area contributed by atoms with Crippen molar-refractivity contribution in [3.05, 3.63) is 33.0 Å². The summed E-state index contributed by atoms with van der Waals surface area (Å²) in [6, 6.07) is 1.78. The molecule has 0 bridgehead atoms. The second-order valence-corrected chi connectivity index (χ2v) is 4.63. The molecular weight excluding hydrogens is 245 g/mol. The molecule has 0 aliphatic carbocycles. The molecule has 1 unspecified atom stereocenters. The molecule has 0 spiro atoms. The predicted octanol–water partition coefficient (Wildman–Crippen LogP) is 3.09. The van der Waals surface area contributed by atoms with Crippen molar-refractivity contribution < 1.29 is 4.39 Å². The van der Waals surface area contributed by atoms with Crippen LogP contribution in [0.1, 0.15) is 23.6 Å². The molecule has 1 nitrogen and oxygen atoms in total. The number of rotatable bonds is 2. The monoisotopic (exact) mass is 259 g/mol. The highest BCUT2D eigenvalue weighted by Gasteiger charge is 2.13. The number of hydrogen-bond acceptors (Lipinski definition) is 1. The minimum absolute atomic E-state index is 0.0168. The van der Waals surface area contributed by atoms with E-state index in [2.05, 4.69) is 15.9 Å². The summed E-state index contributed by atoms with van der Waals surface area (Å²) in [5.74, 6) is -0.122. The van der Waals surface area contributed by atoms with Crippen molar-refractivity contribution in [2.24, 2.45) is 5.73 Å². The van der Waals surface area contributed by atoms with Gasteiger partial charge in [0, 0.05) is 10.5 Å². The molecule has 0 saturated heterocycles. The van der Waals surface area contributed by atoms with Crippen molar-refractivity contribution in [1.82, 2.24) is 0 Å². The van der Waals surface area contributed by atoms with E-state index in [4.69, 9.17) is 5.73 Å². The van der Waals surface area contributed by atoms with Crippen LogP contribution in [0.15, 0.2) is 10.5 Å². The Balaban J connectivity index is 3.25. The van der Waals surface area contributed by atoms with E-state index in [1.165, 1.54) is 0 Å². The average molecular weight is 260 g/mol. The summed E-state index contributed by atoms with van der Waals surface area (Å²) in [4.78, 5) is 0. The quantitative estimate of drug-likeness (QED) is 0.868. The summed E-state index contributed by atoms with van der Waals surface area (Å²) in [5.41, 5.74) is 8.02. The fraction of sp³-hybridized carbons (Fsp3) is 0.455. The molecule has 78 valence electrons. The molecule has 2 N–H and O–H groups in total. The highest BCUT2D eigenvalue weighted by atomic mass is 79.9. The van der Waals surface area contributed by atoms with Gasteiger partial charge in [0.2, 0.25) is 0 Å². The van der Waals surface area contributed by atoms with Gasteiger partial charge in [-0.3, -0.25) is 0 Å². The SMILES string of the molecule is Cc1cc(Br)c(C)c(CC(C)N)c1F. The first-order valence-corrected chi connectivity index (χ1v) is 5.42. The Morgan fingerprint density at radius 2 is 2.07 bits per heavy atom. The lowest BCUT2D eigenvalue weighted by atomic mass is 9.99. The number of halogens is 2. The lowest BCUT2D eigenvalue weighted by molar-refractivity contribution is 0.585. The van der Waals surface area contributed by atoms with Crippen LogP contribution in [0.2, 0.25) is 0 Å². The number of aryl methyl sites for hydroxylation is 1. The van der Waals surface area contributed by atoms with Gasteiger partial charge in [0.25, 0.3) is 0 Å². The van der Waals surface area contributed by atoms with E-state index in [-0.39, 0.29) is 11.9 Å². The maximum Gasteiger partial charge on any atom is 0.129 e. The van der Waals surface area contributed by atoms with E-state index in [1.54, 1.807) is 13.0 Å². The van der Waals surface area contributed by atoms with Gasteiger partial charge < -0.3 is 5.73 Å². The third kappa shape index (κ3) is 2.34. The van der Waals surface area contributed by atoms with Gasteiger partial charge in [-0.05, 0) is 49.9 Å². The molecule has 3 heteroatoms. The molecule has 0 fully saturated rings. The fourth-order valence-electron chi connectivity index (χ4n) is 1.47. The molecule has 0 aliphatic rings. The molecule has 1 atom stereocenters. The smallest absolute Gasteiger partial charge is 0.129 e. The van der Waals surface area contributed by atoms with Crippen LogP contribution in [0.25, 0.3) is 0 Å². The normalized spacial score (nSPS) is 13.0. The van der Waals surface area contributed by atoms with Crippen molar-refractivity contribution >= 4 is 15.9 Å². The maximum atomic E-state index is 13.7. The van der Waals surface area contributed by atoms with Crippen LogP contribution in [0.4, 0.5) is 4.39 Å². The van der Waals surface area contributed by atoms with Crippen molar-refractivity contribution in [2.45, 2.75) is 33.2 Å². The average Bonchev–Trinajstić information content (AvgIpc) is 2.09. The Morgan fingerprint density at radius 3 is 2.57 bits per heavy atom. The minimum atomic E-state index is -0.122. The van der Waals surface area contributed by atoms with Crippen LogP contribution in [-0.4, -0.2) is 6.04 Å². The third-order valence-electron chi connectivity index (χ3n) is 2.29. The lowest BCUT2D eigenvalue weighted by Crippen LogP contribution is -2.19. The summed E-state index contributed by atoms with van der Waals surface area (Å²) in [5, 5.41) is 0. The zero-order valence-electron chi connectivity index (χ0n) is 8.70. The van der Waals surface area contributed by atoms with Crippen LogP contribution >= 0.6 is 15.9 Å². The number of benzene rings is 1. The minimum Gasteiger partial charge on any atom is -0.328 e. The van der Waals surface area contributed by atoms with Gasteiger partial charge in [0.15, 0.2) is 0 Å². The topological polar surface area (TPSA) is 26.0 Å². The zero-order valence-corrected chi connectivity index (χ0v) is 10.3. The Labute approximate surface area is 92.6 Å². The Hall–Kier alpha value is -0.410. The van der Waals surface area contributed by atoms with Crippen molar-refractivity contribution in [1.29, 1.82) is 0 Å². The molecule has 1 aromatic carbocycles. The molecule has 0 aliphatic heterocycles. The number of hydrogen-bond donors (Lipinski definition) is 1. The highest BCUT2D eigenvalue weighted by Crippen LogP contribution is 2.26. The van der Waals surface area contributed by atoms with E-state index >= 15 is 0 Å². The first-order chi connectivity index (χ1) is 6.43. The molecule has 0 aromatic heterocycles. The van der Waals surface area contributed by atoms with Crippen LogP contribution in [0.3, 0.4) is 0 Å². The Morgan fingerprint density at radius 1 is 1.50 bits per heavy atom. The van der Waals surface area contributed by atoms with Gasteiger partial charge in [-0.1, -0.05) is 15.9 Å². The predicted molar refractivity (Wildman–Crippen MR) is 60.9 cm³/mol. The second-order valence-electron chi connectivity index (χ2n) is 3.77. The fourth-order valence-corrected chi connectivity index (χ4v) is 2.06. The standard InChI is InChI=1S/C11H15BrFN/c1-6-4-10(12)8(3)9(11(6)13)5-7(2)14/h4,7H,5,14H2,1-3H3. The summed E-state index contributed by atoms with van der Waals surface area (Å²) in [6.45, 7) is 5.56. The largest absolute Gasteiger partial charge is 0.328 e.